The zero-order valence-electron chi connectivity index (χ0n) is 16.0. The molecule has 3 aliphatic carbocycles. The summed E-state index contributed by atoms with van der Waals surface area (Å²) in [7, 11) is 0. The molecule has 0 radical (unpaired) electrons. The van der Waals surface area contributed by atoms with Gasteiger partial charge in [0.2, 0.25) is 0 Å². The first-order valence-corrected chi connectivity index (χ1v) is 10.3. The molecule has 150 valence electrons. The van der Waals surface area contributed by atoms with Gasteiger partial charge in [0.25, 0.3) is 5.91 Å². The minimum absolute atomic E-state index is 0.0412. The zero-order valence-corrected chi connectivity index (χ0v) is 16.0. The maximum atomic E-state index is 12.4. The van der Waals surface area contributed by atoms with Crippen molar-refractivity contribution >= 4 is 23.7 Å². The molecular formula is C20H30N2O5. The number of nitrogens with one attached hydrogen (secondary N) is 2. The minimum atomic E-state index is -1.04. The summed E-state index contributed by atoms with van der Waals surface area (Å²) in [5, 5.41) is 5.07. The summed E-state index contributed by atoms with van der Waals surface area (Å²) >= 11 is 0. The Morgan fingerprint density at radius 2 is 1.59 bits per heavy atom. The Kier molecular flexibility index (Phi) is 6.50. The van der Waals surface area contributed by atoms with E-state index in [1.165, 1.54) is 13.3 Å². The highest BCUT2D eigenvalue weighted by molar-refractivity contribution is 5.97. The Morgan fingerprint density at radius 3 is 2.22 bits per heavy atom. The highest BCUT2D eigenvalue weighted by Crippen LogP contribution is 2.40. The van der Waals surface area contributed by atoms with Crippen LogP contribution >= 0.6 is 0 Å². The maximum Gasteiger partial charge on any atom is 0.321 e. The smallest absolute Gasteiger partial charge is 0.321 e. The third-order valence-corrected chi connectivity index (χ3v) is 6.22. The van der Waals surface area contributed by atoms with Crippen molar-refractivity contribution in [1.29, 1.82) is 0 Å². The van der Waals surface area contributed by atoms with Crippen molar-refractivity contribution < 1.29 is 23.9 Å². The first-order valence-electron chi connectivity index (χ1n) is 10.3. The van der Waals surface area contributed by atoms with E-state index in [4.69, 9.17) is 4.74 Å². The molecule has 3 rings (SSSR count). The van der Waals surface area contributed by atoms with E-state index in [-0.39, 0.29) is 29.6 Å². The lowest BCUT2D eigenvalue weighted by Crippen LogP contribution is -2.48. The number of hydrogen-bond donors (Lipinski definition) is 2. The second-order valence-electron chi connectivity index (χ2n) is 8.27. The highest BCUT2D eigenvalue weighted by atomic mass is 16.5. The molecule has 0 spiro atoms. The van der Waals surface area contributed by atoms with Crippen molar-refractivity contribution in [3.63, 3.8) is 0 Å². The van der Waals surface area contributed by atoms with Crippen LogP contribution in [0.25, 0.3) is 0 Å². The average Bonchev–Trinajstić information content (AvgIpc) is 2.62. The summed E-state index contributed by atoms with van der Waals surface area (Å²) in [6.07, 6.45) is 7.92. The van der Waals surface area contributed by atoms with Crippen LogP contribution in [0.4, 0.5) is 4.79 Å². The number of carbonyl (C=O) groups is 4. The van der Waals surface area contributed by atoms with Gasteiger partial charge in [-0.15, -0.1) is 0 Å². The molecule has 2 N–H and O–H groups in total. The van der Waals surface area contributed by atoms with E-state index < -0.39 is 24.0 Å². The molecule has 7 heteroatoms. The Hall–Kier alpha value is -1.92. The lowest BCUT2D eigenvalue weighted by atomic mass is 9.67. The van der Waals surface area contributed by atoms with Gasteiger partial charge in [-0.2, -0.15) is 0 Å². The molecule has 7 nitrogen and oxygen atoms in total. The summed E-state index contributed by atoms with van der Waals surface area (Å²) in [6, 6.07) is -0.434. The van der Waals surface area contributed by atoms with Gasteiger partial charge in [0.05, 0.1) is 5.92 Å². The topological polar surface area (TPSA) is 102 Å². The second kappa shape index (κ2) is 8.85. The fraction of sp³-hybridized carbons (Fsp3) is 0.800. The van der Waals surface area contributed by atoms with Gasteiger partial charge in [0.1, 0.15) is 5.78 Å². The summed E-state index contributed by atoms with van der Waals surface area (Å²) in [6.45, 7) is 1.47. The first-order chi connectivity index (χ1) is 12.9. The van der Waals surface area contributed by atoms with Crippen LogP contribution < -0.4 is 10.6 Å². The van der Waals surface area contributed by atoms with Gasteiger partial charge in [0, 0.05) is 17.9 Å². The molecule has 27 heavy (non-hydrogen) atoms. The molecule has 0 aromatic heterocycles. The van der Waals surface area contributed by atoms with Crippen LogP contribution in [0.15, 0.2) is 0 Å². The number of ketones is 1. The van der Waals surface area contributed by atoms with Crippen molar-refractivity contribution in [2.45, 2.75) is 83.3 Å². The quantitative estimate of drug-likeness (QED) is 0.732. The fourth-order valence-corrected chi connectivity index (χ4v) is 4.68. The van der Waals surface area contributed by atoms with Gasteiger partial charge >= 0.3 is 12.0 Å². The number of ether oxygens (including phenoxy) is 1. The number of imide groups is 1. The third kappa shape index (κ3) is 5.08. The van der Waals surface area contributed by atoms with E-state index in [1.807, 2.05) is 0 Å². The molecule has 0 saturated heterocycles. The monoisotopic (exact) mass is 378 g/mol. The first kappa shape index (κ1) is 19.8. The standard InChI is InChI=1S/C20H30N2O5/c1-12(18(24)22-20(26)21-16-8-3-2-4-9-16)27-19(25)15-10-13-6-5-7-14(11-15)17(13)23/h12-16H,2-11H2,1H3,(H2,21,22,24,26)/t12-,13-,14+,15?/m1/s1. The molecule has 0 aromatic rings. The summed E-state index contributed by atoms with van der Waals surface area (Å²) in [5.41, 5.74) is 0. The number of rotatable bonds is 4. The van der Waals surface area contributed by atoms with Crippen molar-refractivity contribution in [2.75, 3.05) is 0 Å². The van der Waals surface area contributed by atoms with Crippen LogP contribution in [0.2, 0.25) is 0 Å². The molecule has 1 unspecified atom stereocenters. The summed E-state index contributed by atoms with van der Waals surface area (Å²) < 4.78 is 5.30. The van der Waals surface area contributed by atoms with Gasteiger partial charge in [0.15, 0.2) is 6.10 Å². The molecule has 0 aromatic carbocycles. The van der Waals surface area contributed by atoms with E-state index in [1.54, 1.807) is 0 Å². The third-order valence-electron chi connectivity index (χ3n) is 6.22. The fourth-order valence-electron chi connectivity index (χ4n) is 4.68. The van der Waals surface area contributed by atoms with Gasteiger partial charge in [-0.05, 0) is 45.4 Å². The number of amides is 3. The predicted molar refractivity (Wildman–Crippen MR) is 97.7 cm³/mol. The molecule has 4 atom stereocenters. The molecule has 0 heterocycles. The Balaban J connectivity index is 1.44. The van der Waals surface area contributed by atoms with E-state index in [0.717, 1.165) is 44.9 Å². The van der Waals surface area contributed by atoms with Crippen molar-refractivity contribution in [2.24, 2.45) is 17.8 Å². The minimum Gasteiger partial charge on any atom is -0.452 e. The Labute approximate surface area is 160 Å². The van der Waals surface area contributed by atoms with Crippen molar-refractivity contribution in [3.8, 4) is 0 Å². The normalized spacial score (nSPS) is 29.5. The highest BCUT2D eigenvalue weighted by Gasteiger charge is 2.42. The van der Waals surface area contributed by atoms with Crippen LogP contribution in [0.3, 0.4) is 0 Å². The van der Waals surface area contributed by atoms with Gasteiger partial charge in [-0.25, -0.2) is 4.79 Å². The molecule has 2 bridgehead atoms. The average molecular weight is 378 g/mol. The number of fused-ring (bicyclic) bond motifs is 2. The van der Waals surface area contributed by atoms with Crippen LogP contribution in [0.5, 0.6) is 0 Å². The molecule has 3 fully saturated rings. The Bertz CT molecular complexity index is 583. The molecule has 3 aliphatic rings. The maximum absolute atomic E-state index is 12.4. The van der Waals surface area contributed by atoms with Crippen LogP contribution in [0.1, 0.15) is 71.1 Å². The molecule has 3 saturated carbocycles. The molecule has 3 amide bonds. The largest absolute Gasteiger partial charge is 0.452 e. The summed E-state index contributed by atoms with van der Waals surface area (Å²) in [5.74, 6) is -1.18. The number of hydrogen-bond acceptors (Lipinski definition) is 5. The van der Waals surface area contributed by atoms with E-state index >= 15 is 0 Å². The van der Waals surface area contributed by atoms with Crippen molar-refractivity contribution in [1.82, 2.24) is 10.6 Å². The lowest BCUT2D eigenvalue weighted by molar-refractivity contribution is -0.162. The number of urea groups is 1. The van der Waals surface area contributed by atoms with Gasteiger partial charge in [-0.3, -0.25) is 19.7 Å². The van der Waals surface area contributed by atoms with E-state index in [0.29, 0.717) is 12.8 Å². The van der Waals surface area contributed by atoms with Gasteiger partial charge in [-0.1, -0.05) is 25.7 Å². The molecular weight excluding hydrogens is 348 g/mol. The summed E-state index contributed by atoms with van der Waals surface area (Å²) in [4.78, 5) is 48.7. The van der Waals surface area contributed by atoms with Crippen LogP contribution in [-0.2, 0) is 19.1 Å². The second-order valence-corrected chi connectivity index (χ2v) is 8.27. The zero-order chi connectivity index (χ0) is 19.4. The van der Waals surface area contributed by atoms with Crippen LogP contribution in [0, 0.1) is 17.8 Å². The number of carbonyl (C=O) groups excluding carboxylic acids is 4. The molecule has 0 aliphatic heterocycles. The van der Waals surface area contributed by atoms with E-state index in [9.17, 15) is 19.2 Å². The van der Waals surface area contributed by atoms with Crippen LogP contribution in [-0.4, -0.2) is 35.8 Å². The number of esters is 1. The number of Topliss-reactive ketones (excluding diaryl/α,β-unsaturated/α-hetero) is 1. The Morgan fingerprint density at radius 1 is 0.963 bits per heavy atom. The SMILES string of the molecule is C[C@@H](OC(=O)C1C[C@H]2CCC[C@@H](C1)C2=O)C(=O)NC(=O)NC1CCCCC1. The predicted octanol–water partition coefficient (Wildman–Crippen LogP) is 2.47. The lowest BCUT2D eigenvalue weighted by Gasteiger charge is -2.36. The van der Waals surface area contributed by atoms with Gasteiger partial charge < -0.3 is 10.1 Å². The van der Waals surface area contributed by atoms with Crippen molar-refractivity contribution in [3.05, 3.63) is 0 Å². The van der Waals surface area contributed by atoms with E-state index in [2.05, 4.69) is 10.6 Å².